The number of carbonyl (C=O) groups excluding carboxylic acids is 1. The number of rotatable bonds is 5. The third-order valence-corrected chi connectivity index (χ3v) is 3.90. The van der Waals surface area contributed by atoms with Crippen LogP contribution in [0.4, 0.5) is 10.5 Å². The second kappa shape index (κ2) is 6.24. The van der Waals surface area contributed by atoms with E-state index in [4.69, 9.17) is 4.74 Å². The van der Waals surface area contributed by atoms with Crippen molar-refractivity contribution >= 4 is 11.7 Å². The molecule has 1 atom stereocenters. The van der Waals surface area contributed by atoms with Crippen LogP contribution in [0, 0.1) is 0 Å². The molecular formula is C15H22N2O3. The van der Waals surface area contributed by atoms with E-state index in [-0.39, 0.29) is 11.6 Å². The first kappa shape index (κ1) is 14.8. The average Bonchev–Trinajstić information content (AvgIpc) is 2.38. The predicted octanol–water partition coefficient (Wildman–Crippen LogP) is 2.43. The molecule has 1 aromatic rings. The Morgan fingerprint density at radius 1 is 1.50 bits per heavy atom. The van der Waals surface area contributed by atoms with Gasteiger partial charge >= 0.3 is 6.03 Å². The molecule has 3 N–H and O–H groups in total. The Labute approximate surface area is 119 Å². The number of urea groups is 1. The summed E-state index contributed by atoms with van der Waals surface area (Å²) in [5.74, 6) is 0. The summed E-state index contributed by atoms with van der Waals surface area (Å²) in [6.07, 6.45) is 2.57. The first-order valence-electron chi connectivity index (χ1n) is 6.93. The molecule has 0 bridgehead atoms. The number of hydrogen-bond acceptors (Lipinski definition) is 3. The third-order valence-electron chi connectivity index (χ3n) is 3.90. The lowest BCUT2D eigenvalue weighted by molar-refractivity contribution is -0.0671. The molecule has 0 saturated heterocycles. The highest BCUT2D eigenvalue weighted by molar-refractivity contribution is 5.89. The van der Waals surface area contributed by atoms with Crippen molar-refractivity contribution in [1.82, 2.24) is 5.32 Å². The Morgan fingerprint density at radius 2 is 2.25 bits per heavy atom. The molecule has 0 spiro atoms. The van der Waals surface area contributed by atoms with Gasteiger partial charge in [-0.15, -0.1) is 0 Å². The van der Waals surface area contributed by atoms with Crippen LogP contribution in [0.15, 0.2) is 24.3 Å². The quantitative estimate of drug-likeness (QED) is 0.774. The smallest absolute Gasteiger partial charge is 0.319 e. The first-order valence-corrected chi connectivity index (χ1v) is 6.93. The van der Waals surface area contributed by atoms with E-state index in [0.717, 1.165) is 24.8 Å². The molecule has 1 fully saturated rings. The zero-order valence-corrected chi connectivity index (χ0v) is 12.0. The van der Waals surface area contributed by atoms with Crippen LogP contribution in [0.2, 0.25) is 0 Å². The summed E-state index contributed by atoms with van der Waals surface area (Å²) in [6, 6.07) is 6.93. The maximum Gasteiger partial charge on any atom is 0.319 e. The van der Waals surface area contributed by atoms with Crippen molar-refractivity contribution in [3.8, 4) is 0 Å². The number of aliphatic hydroxyl groups is 1. The second-order valence-corrected chi connectivity index (χ2v) is 5.35. The van der Waals surface area contributed by atoms with Gasteiger partial charge in [0.15, 0.2) is 0 Å². The minimum Gasteiger partial charge on any atom is -0.389 e. The third kappa shape index (κ3) is 3.49. The molecule has 0 aromatic heterocycles. The van der Waals surface area contributed by atoms with Gasteiger partial charge in [0.1, 0.15) is 0 Å². The van der Waals surface area contributed by atoms with Crippen LogP contribution in [0.25, 0.3) is 0 Å². The number of aliphatic hydroxyl groups excluding tert-OH is 1. The van der Waals surface area contributed by atoms with Gasteiger partial charge in [-0.05, 0) is 43.9 Å². The van der Waals surface area contributed by atoms with Gasteiger partial charge in [0, 0.05) is 19.3 Å². The topological polar surface area (TPSA) is 70.6 Å². The van der Waals surface area contributed by atoms with Gasteiger partial charge in [-0.2, -0.15) is 0 Å². The second-order valence-electron chi connectivity index (χ2n) is 5.35. The summed E-state index contributed by atoms with van der Waals surface area (Å²) in [4.78, 5) is 11.9. The zero-order chi connectivity index (χ0) is 14.6. The monoisotopic (exact) mass is 278 g/mol. The Hall–Kier alpha value is -1.59. The van der Waals surface area contributed by atoms with Gasteiger partial charge in [0.2, 0.25) is 0 Å². The standard InChI is InChI=1S/C15H22N2O3/c1-11(18)12-5-3-6-13(9-12)17-14(19)16-10-15(20-2)7-4-8-15/h3,5-6,9,11,18H,4,7-8,10H2,1-2H3,(H2,16,17,19). The molecule has 5 nitrogen and oxygen atoms in total. The van der Waals surface area contributed by atoms with Crippen molar-refractivity contribution in [3.63, 3.8) is 0 Å². The van der Waals surface area contributed by atoms with Crippen LogP contribution >= 0.6 is 0 Å². The fourth-order valence-corrected chi connectivity index (χ4v) is 2.32. The van der Waals surface area contributed by atoms with Crippen LogP contribution < -0.4 is 10.6 Å². The lowest BCUT2D eigenvalue weighted by Gasteiger charge is -2.40. The van der Waals surface area contributed by atoms with E-state index in [1.54, 1.807) is 32.2 Å². The van der Waals surface area contributed by atoms with E-state index in [9.17, 15) is 9.90 Å². The highest BCUT2D eigenvalue weighted by Crippen LogP contribution is 2.34. The minimum absolute atomic E-state index is 0.182. The summed E-state index contributed by atoms with van der Waals surface area (Å²) in [7, 11) is 1.69. The van der Waals surface area contributed by atoms with Crippen LogP contribution in [-0.4, -0.2) is 30.4 Å². The van der Waals surface area contributed by atoms with Crippen molar-refractivity contribution in [2.24, 2.45) is 0 Å². The predicted molar refractivity (Wildman–Crippen MR) is 77.7 cm³/mol. The molecule has 1 aliphatic carbocycles. The number of benzene rings is 1. The molecule has 1 saturated carbocycles. The van der Waals surface area contributed by atoms with E-state index in [1.165, 1.54) is 0 Å². The number of methoxy groups -OCH3 is 1. The fraction of sp³-hybridized carbons (Fsp3) is 0.533. The van der Waals surface area contributed by atoms with Gasteiger partial charge in [-0.1, -0.05) is 12.1 Å². The highest BCUT2D eigenvalue weighted by Gasteiger charge is 2.37. The molecule has 5 heteroatoms. The fourth-order valence-electron chi connectivity index (χ4n) is 2.32. The Kier molecular flexibility index (Phi) is 4.62. The van der Waals surface area contributed by atoms with Crippen molar-refractivity contribution in [1.29, 1.82) is 0 Å². The molecule has 2 rings (SSSR count). The number of anilines is 1. The van der Waals surface area contributed by atoms with E-state index in [1.807, 2.05) is 6.07 Å². The molecule has 1 aliphatic rings. The molecule has 110 valence electrons. The van der Waals surface area contributed by atoms with Gasteiger partial charge in [-0.3, -0.25) is 0 Å². The molecule has 1 aromatic carbocycles. The maximum atomic E-state index is 11.9. The summed E-state index contributed by atoms with van der Waals surface area (Å²) in [6.45, 7) is 2.21. The summed E-state index contributed by atoms with van der Waals surface area (Å²) < 4.78 is 5.45. The van der Waals surface area contributed by atoms with Gasteiger partial charge in [0.05, 0.1) is 11.7 Å². The average molecular weight is 278 g/mol. The minimum atomic E-state index is -0.549. The number of hydrogen-bond donors (Lipinski definition) is 3. The van der Waals surface area contributed by atoms with Crippen molar-refractivity contribution in [3.05, 3.63) is 29.8 Å². The Balaban J connectivity index is 1.86. The normalized spacial score (nSPS) is 17.9. The van der Waals surface area contributed by atoms with Crippen molar-refractivity contribution in [2.45, 2.75) is 37.9 Å². The van der Waals surface area contributed by atoms with E-state index >= 15 is 0 Å². The molecule has 1 unspecified atom stereocenters. The number of carbonyl (C=O) groups is 1. The molecule has 0 radical (unpaired) electrons. The SMILES string of the molecule is COC1(CNC(=O)Nc2cccc(C(C)O)c2)CCC1. The molecule has 20 heavy (non-hydrogen) atoms. The highest BCUT2D eigenvalue weighted by atomic mass is 16.5. The summed E-state index contributed by atoms with van der Waals surface area (Å²) >= 11 is 0. The van der Waals surface area contributed by atoms with Crippen LogP contribution in [0.1, 0.15) is 37.9 Å². The Bertz CT molecular complexity index is 464. The summed E-state index contributed by atoms with van der Waals surface area (Å²) in [5, 5.41) is 15.1. The number of amides is 2. The molecule has 2 amide bonds. The number of nitrogens with one attached hydrogen (secondary N) is 2. The van der Waals surface area contributed by atoms with E-state index < -0.39 is 6.10 Å². The first-order chi connectivity index (χ1) is 9.54. The largest absolute Gasteiger partial charge is 0.389 e. The van der Waals surface area contributed by atoms with Crippen LogP contribution in [0.5, 0.6) is 0 Å². The van der Waals surface area contributed by atoms with E-state index in [0.29, 0.717) is 12.2 Å². The number of ether oxygens (including phenoxy) is 1. The molecular weight excluding hydrogens is 256 g/mol. The van der Waals surface area contributed by atoms with Gasteiger partial charge < -0.3 is 20.5 Å². The van der Waals surface area contributed by atoms with Gasteiger partial charge in [0.25, 0.3) is 0 Å². The lowest BCUT2D eigenvalue weighted by atomic mass is 9.80. The van der Waals surface area contributed by atoms with E-state index in [2.05, 4.69) is 10.6 Å². The van der Waals surface area contributed by atoms with Gasteiger partial charge in [-0.25, -0.2) is 4.79 Å². The zero-order valence-electron chi connectivity index (χ0n) is 12.0. The van der Waals surface area contributed by atoms with Crippen LogP contribution in [-0.2, 0) is 4.74 Å². The molecule has 0 aliphatic heterocycles. The summed E-state index contributed by atoms with van der Waals surface area (Å²) in [5.41, 5.74) is 1.26. The lowest BCUT2D eigenvalue weighted by Crippen LogP contribution is -2.50. The maximum absolute atomic E-state index is 11.9. The van der Waals surface area contributed by atoms with Crippen molar-refractivity contribution < 1.29 is 14.6 Å². The van der Waals surface area contributed by atoms with Crippen LogP contribution in [0.3, 0.4) is 0 Å². The Morgan fingerprint density at radius 3 is 2.80 bits per heavy atom. The van der Waals surface area contributed by atoms with Crippen molar-refractivity contribution in [2.75, 3.05) is 19.0 Å². The molecule has 0 heterocycles.